The maximum absolute atomic E-state index is 12.3. The van der Waals surface area contributed by atoms with E-state index in [1.807, 2.05) is 0 Å². The first-order valence-corrected chi connectivity index (χ1v) is 5.80. The minimum absolute atomic E-state index is 0.0206. The highest BCUT2D eigenvalue weighted by Gasteiger charge is 2.25. The summed E-state index contributed by atoms with van der Waals surface area (Å²) in [6, 6.07) is 1.78. The summed E-state index contributed by atoms with van der Waals surface area (Å²) in [5.41, 5.74) is 0.0206. The van der Waals surface area contributed by atoms with Crippen molar-refractivity contribution < 1.29 is 23.5 Å². The number of amides is 1. The number of alkyl halides is 2. The number of carbonyl (C=O) groups excluding carboxylic acids is 1. The maximum atomic E-state index is 12.3. The minimum Gasteiger partial charge on any atom is -0.480 e. The second-order valence-electron chi connectivity index (χ2n) is 4.47. The maximum Gasteiger partial charge on any atom is 0.326 e. The summed E-state index contributed by atoms with van der Waals surface area (Å²) in [4.78, 5) is 22.9. The molecule has 0 saturated carbocycles. The Hall–Kier alpha value is -1.92. The molecule has 0 aliphatic carbocycles. The molecule has 0 aliphatic rings. The predicted octanol–water partition coefficient (Wildman–Crippen LogP) is 1.59. The molecule has 0 saturated heterocycles. The van der Waals surface area contributed by atoms with Gasteiger partial charge in [0, 0.05) is 6.20 Å². The number of rotatable bonds is 6. The SMILES string of the molecule is CC(C)[C@@H](NC(=O)c1cccn1CC(F)F)C(=O)O. The molecule has 7 heteroatoms. The smallest absolute Gasteiger partial charge is 0.326 e. The van der Waals surface area contributed by atoms with Gasteiger partial charge in [-0.2, -0.15) is 0 Å². The van der Waals surface area contributed by atoms with Crippen LogP contribution in [0.1, 0.15) is 24.3 Å². The van der Waals surface area contributed by atoms with Crippen LogP contribution in [0.25, 0.3) is 0 Å². The second-order valence-corrected chi connectivity index (χ2v) is 4.47. The number of nitrogens with one attached hydrogen (secondary N) is 1. The standard InChI is InChI=1S/C12H16F2N2O3/c1-7(2)10(12(18)19)15-11(17)8-4-3-5-16(8)6-9(13)14/h3-5,7,9-10H,6H2,1-2H3,(H,15,17)(H,18,19)/t10-/m1/s1. The third kappa shape index (κ3) is 4.04. The molecule has 1 aromatic rings. The molecule has 19 heavy (non-hydrogen) atoms. The Morgan fingerprint density at radius 1 is 1.42 bits per heavy atom. The zero-order valence-electron chi connectivity index (χ0n) is 10.6. The number of halogens is 2. The van der Waals surface area contributed by atoms with Gasteiger partial charge in [-0.05, 0) is 18.1 Å². The number of carboxylic acid groups (broad SMARTS) is 1. The zero-order chi connectivity index (χ0) is 14.6. The quantitative estimate of drug-likeness (QED) is 0.827. The third-order valence-corrected chi connectivity index (χ3v) is 2.62. The lowest BCUT2D eigenvalue weighted by Crippen LogP contribution is -2.44. The summed E-state index contributed by atoms with van der Waals surface area (Å²) in [6.07, 6.45) is -1.23. The normalized spacial score (nSPS) is 12.7. The molecular weight excluding hydrogens is 258 g/mol. The topological polar surface area (TPSA) is 71.3 Å². The molecule has 1 amide bonds. The Bertz CT molecular complexity index is 458. The average Bonchev–Trinajstić information content (AvgIpc) is 2.71. The van der Waals surface area contributed by atoms with E-state index in [0.29, 0.717) is 0 Å². The van der Waals surface area contributed by atoms with Gasteiger partial charge in [-0.3, -0.25) is 4.79 Å². The van der Waals surface area contributed by atoms with Gasteiger partial charge < -0.3 is 15.0 Å². The van der Waals surface area contributed by atoms with Crippen molar-refractivity contribution in [2.24, 2.45) is 5.92 Å². The van der Waals surface area contributed by atoms with Crippen molar-refractivity contribution in [3.8, 4) is 0 Å². The molecule has 0 aromatic carbocycles. The summed E-state index contributed by atoms with van der Waals surface area (Å²) in [6.45, 7) is 2.70. The van der Waals surface area contributed by atoms with Crippen molar-refractivity contribution in [1.29, 1.82) is 0 Å². The minimum atomic E-state index is -2.58. The van der Waals surface area contributed by atoms with Crippen LogP contribution < -0.4 is 5.32 Å². The first-order chi connectivity index (χ1) is 8.82. The molecular formula is C12H16F2N2O3. The van der Waals surface area contributed by atoms with Crippen molar-refractivity contribution >= 4 is 11.9 Å². The number of hydrogen-bond acceptors (Lipinski definition) is 2. The van der Waals surface area contributed by atoms with E-state index in [1.54, 1.807) is 13.8 Å². The van der Waals surface area contributed by atoms with Gasteiger partial charge in [0.05, 0.1) is 6.54 Å². The van der Waals surface area contributed by atoms with Gasteiger partial charge >= 0.3 is 5.97 Å². The lowest BCUT2D eigenvalue weighted by atomic mass is 10.0. The van der Waals surface area contributed by atoms with Crippen LogP contribution in [0, 0.1) is 5.92 Å². The first kappa shape index (κ1) is 15.1. The largest absolute Gasteiger partial charge is 0.480 e. The van der Waals surface area contributed by atoms with Crippen LogP contribution in [0.5, 0.6) is 0 Å². The van der Waals surface area contributed by atoms with Gasteiger partial charge in [-0.15, -0.1) is 0 Å². The molecule has 1 aromatic heterocycles. The van der Waals surface area contributed by atoms with Crippen molar-refractivity contribution in [3.05, 3.63) is 24.0 Å². The zero-order valence-corrected chi connectivity index (χ0v) is 10.6. The van der Waals surface area contributed by atoms with E-state index in [9.17, 15) is 18.4 Å². The third-order valence-electron chi connectivity index (χ3n) is 2.62. The Labute approximate surface area is 109 Å². The lowest BCUT2D eigenvalue weighted by Gasteiger charge is -2.18. The molecule has 0 unspecified atom stereocenters. The Morgan fingerprint density at radius 2 is 2.05 bits per heavy atom. The van der Waals surface area contributed by atoms with Gasteiger partial charge in [-0.25, -0.2) is 13.6 Å². The number of aromatic nitrogens is 1. The Kier molecular flexibility index (Phi) is 5.02. The van der Waals surface area contributed by atoms with Crippen LogP contribution in [-0.2, 0) is 11.3 Å². The van der Waals surface area contributed by atoms with Gasteiger partial charge in [0.25, 0.3) is 12.3 Å². The number of hydrogen-bond donors (Lipinski definition) is 2. The fourth-order valence-corrected chi connectivity index (χ4v) is 1.66. The van der Waals surface area contributed by atoms with E-state index in [1.165, 1.54) is 18.3 Å². The van der Waals surface area contributed by atoms with Crippen LogP contribution in [-0.4, -0.2) is 34.0 Å². The highest BCUT2D eigenvalue weighted by Crippen LogP contribution is 2.08. The molecule has 5 nitrogen and oxygen atoms in total. The van der Waals surface area contributed by atoms with Crippen molar-refractivity contribution in [2.45, 2.75) is 32.9 Å². The van der Waals surface area contributed by atoms with E-state index in [4.69, 9.17) is 5.11 Å². The summed E-state index contributed by atoms with van der Waals surface area (Å²) in [5, 5.41) is 11.3. The first-order valence-electron chi connectivity index (χ1n) is 5.80. The van der Waals surface area contributed by atoms with Gasteiger partial charge in [-0.1, -0.05) is 13.8 Å². The summed E-state index contributed by atoms with van der Waals surface area (Å²) >= 11 is 0. The lowest BCUT2D eigenvalue weighted by molar-refractivity contribution is -0.140. The molecule has 0 aliphatic heterocycles. The van der Waals surface area contributed by atoms with Crippen molar-refractivity contribution in [2.75, 3.05) is 0 Å². The van der Waals surface area contributed by atoms with Crippen LogP contribution >= 0.6 is 0 Å². The predicted molar refractivity (Wildman–Crippen MR) is 64.2 cm³/mol. The van der Waals surface area contributed by atoms with Gasteiger partial charge in [0.15, 0.2) is 0 Å². The number of aliphatic carboxylic acids is 1. The highest BCUT2D eigenvalue weighted by molar-refractivity contribution is 5.95. The van der Waals surface area contributed by atoms with E-state index < -0.39 is 30.9 Å². The Balaban J connectivity index is 2.83. The molecule has 0 spiro atoms. The summed E-state index contributed by atoms with van der Waals surface area (Å²) < 4.78 is 25.7. The van der Waals surface area contributed by atoms with E-state index in [2.05, 4.69) is 5.32 Å². The highest BCUT2D eigenvalue weighted by atomic mass is 19.3. The molecule has 0 fully saturated rings. The molecule has 106 valence electrons. The van der Waals surface area contributed by atoms with E-state index in [0.717, 1.165) is 4.57 Å². The van der Waals surface area contributed by atoms with Crippen LogP contribution in [0.3, 0.4) is 0 Å². The summed E-state index contributed by atoms with van der Waals surface area (Å²) in [5.74, 6) is -2.14. The molecule has 0 radical (unpaired) electrons. The molecule has 1 atom stereocenters. The van der Waals surface area contributed by atoms with Crippen molar-refractivity contribution in [3.63, 3.8) is 0 Å². The molecule has 1 heterocycles. The van der Waals surface area contributed by atoms with Gasteiger partial charge in [0.1, 0.15) is 11.7 Å². The van der Waals surface area contributed by atoms with Crippen molar-refractivity contribution in [1.82, 2.24) is 9.88 Å². The van der Waals surface area contributed by atoms with Crippen LogP contribution in [0.15, 0.2) is 18.3 Å². The van der Waals surface area contributed by atoms with Crippen LogP contribution in [0.4, 0.5) is 8.78 Å². The molecule has 2 N–H and O–H groups in total. The number of carboxylic acids is 1. The molecule has 0 bridgehead atoms. The van der Waals surface area contributed by atoms with E-state index >= 15 is 0 Å². The fraction of sp³-hybridized carbons (Fsp3) is 0.500. The number of nitrogens with zero attached hydrogens (tertiary/aromatic N) is 1. The number of carbonyl (C=O) groups is 2. The molecule has 1 rings (SSSR count). The second kappa shape index (κ2) is 6.31. The fourth-order valence-electron chi connectivity index (χ4n) is 1.66. The average molecular weight is 274 g/mol. The summed E-state index contributed by atoms with van der Waals surface area (Å²) in [7, 11) is 0. The van der Waals surface area contributed by atoms with Crippen LogP contribution in [0.2, 0.25) is 0 Å². The Morgan fingerprint density at radius 3 is 2.53 bits per heavy atom. The monoisotopic (exact) mass is 274 g/mol. The van der Waals surface area contributed by atoms with Gasteiger partial charge in [0.2, 0.25) is 0 Å². The van der Waals surface area contributed by atoms with E-state index in [-0.39, 0.29) is 11.6 Å².